The molecule has 170 valence electrons. The van der Waals surface area contributed by atoms with Gasteiger partial charge in [-0.25, -0.2) is 0 Å². The number of aromatic hydroxyl groups is 3. The van der Waals surface area contributed by atoms with E-state index in [0.717, 1.165) is 68.9 Å². The van der Waals surface area contributed by atoms with Crippen LogP contribution >= 0.6 is 0 Å². The number of carboxylic acids is 1. The maximum atomic E-state index is 11.3. The van der Waals surface area contributed by atoms with Gasteiger partial charge in [0.05, 0.1) is 5.41 Å². The highest BCUT2D eigenvalue weighted by Crippen LogP contribution is 2.50. The predicted octanol–water partition coefficient (Wildman–Crippen LogP) is 6.31. The molecule has 30 heavy (non-hydrogen) atoms. The summed E-state index contributed by atoms with van der Waals surface area (Å²) < 4.78 is 0. The Morgan fingerprint density at radius 3 is 2.10 bits per heavy atom. The number of carboxylic acid groups (broad SMARTS) is 1. The van der Waals surface area contributed by atoms with E-state index >= 15 is 0 Å². The van der Waals surface area contributed by atoms with Crippen LogP contribution in [0.1, 0.15) is 103 Å². The van der Waals surface area contributed by atoms with Crippen LogP contribution in [0.15, 0.2) is 6.07 Å². The van der Waals surface area contributed by atoms with Gasteiger partial charge in [-0.2, -0.15) is 0 Å². The Bertz CT molecular complexity index is 713. The summed E-state index contributed by atoms with van der Waals surface area (Å²) in [5, 5.41) is 39.5. The van der Waals surface area contributed by atoms with Crippen LogP contribution in [0, 0.1) is 10.8 Å². The normalized spacial score (nSPS) is 15.3. The highest BCUT2D eigenvalue weighted by atomic mass is 16.4. The number of carbonyl (C=O) groups is 1. The van der Waals surface area contributed by atoms with E-state index in [1.54, 1.807) is 6.07 Å². The SMILES string of the molecule is CC(C)(C)CCCCCCc1c(CCCCCC2(C(=O)O)CC2)cc(O)c(O)c1O. The van der Waals surface area contributed by atoms with Crippen LogP contribution in [0.5, 0.6) is 17.2 Å². The van der Waals surface area contributed by atoms with Gasteiger partial charge in [-0.3, -0.25) is 4.79 Å². The molecular formula is C25H40O5. The molecule has 0 bridgehead atoms. The molecule has 1 aromatic carbocycles. The molecule has 0 atom stereocenters. The van der Waals surface area contributed by atoms with Crippen molar-refractivity contribution in [3.63, 3.8) is 0 Å². The maximum absolute atomic E-state index is 11.3. The average Bonchev–Trinajstić information content (AvgIpc) is 3.44. The van der Waals surface area contributed by atoms with Gasteiger partial charge in [-0.15, -0.1) is 0 Å². The molecule has 0 aliphatic heterocycles. The van der Waals surface area contributed by atoms with Gasteiger partial charge in [-0.1, -0.05) is 52.9 Å². The minimum atomic E-state index is -0.666. The minimum absolute atomic E-state index is 0.192. The second kappa shape index (κ2) is 10.4. The van der Waals surface area contributed by atoms with Gasteiger partial charge >= 0.3 is 5.97 Å². The molecule has 1 aliphatic rings. The van der Waals surface area contributed by atoms with Crippen LogP contribution in [0.25, 0.3) is 0 Å². The first kappa shape index (κ1) is 24.4. The Kier molecular flexibility index (Phi) is 8.45. The molecule has 5 heteroatoms. The second-order valence-corrected chi connectivity index (χ2v) is 10.4. The third-order valence-corrected chi connectivity index (χ3v) is 6.46. The summed E-state index contributed by atoms with van der Waals surface area (Å²) in [4.78, 5) is 11.3. The smallest absolute Gasteiger partial charge is 0.309 e. The van der Waals surface area contributed by atoms with E-state index in [1.165, 1.54) is 12.8 Å². The standard InChI is InChI=1S/C25H40O5/c1-24(2,3)13-9-5-4-8-12-19-18(17-20(26)22(28)21(19)27)11-7-6-10-14-25(15-16-25)23(29)30/h17,26-28H,4-16H2,1-3H3,(H,29,30). The van der Waals surface area contributed by atoms with E-state index in [-0.39, 0.29) is 11.5 Å². The number of aryl methyl sites for hydroxylation is 1. The van der Waals surface area contributed by atoms with Crippen molar-refractivity contribution < 1.29 is 25.2 Å². The molecule has 0 spiro atoms. The largest absolute Gasteiger partial charge is 0.504 e. The zero-order chi connectivity index (χ0) is 22.4. The summed E-state index contributed by atoms with van der Waals surface area (Å²) in [6.45, 7) is 6.76. The first-order valence-electron chi connectivity index (χ1n) is 11.5. The van der Waals surface area contributed by atoms with Gasteiger partial charge in [0.25, 0.3) is 0 Å². The van der Waals surface area contributed by atoms with Gasteiger partial charge in [0.1, 0.15) is 0 Å². The number of unbranched alkanes of at least 4 members (excludes halogenated alkanes) is 5. The molecule has 0 amide bonds. The number of benzene rings is 1. The Morgan fingerprint density at radius 1 is 0.900 bits per heavy atom. The van der Waals surface area contributed by atoms with Crippen molar-refractivity contribution in [2.24, 2.45) is 10.8 Å². The molecule has 0 unspecified atom stereocenters. The van der Waals surface area contributed by atoms with Crippen LogP contribution in [0.2, 0.25) is 0 Å². The van der Waals surface area contributed by atoms with Crippen molar-refractivity contribution >= 4 is 5.97 Å². The number of rotatable bonds is 13. The third-order valence-electron chi connectivity index (χ3n) is 6.46. The molecule has 0 heterocycles. The average molecular weight is 421 g/mol. The van der Waals surface area contributed by atoms with Crippen LogP contribution in [-0.4, -0.2) is 26.4 Å². The molecule has 4 N–H and O–H groups in total. The summed E-state index contributed by atoms with van der Waals surface area (Å²) in [6.07, 6.45) is 12.0. The van der Waals surface area contributed by atoms with Gasteiger partial charge in [0.2, 0.25) is 5.75 Å². The van der Waals surface area contributed by atoms with Gasteiger partial charge in [-0.05, 0) is 68.4 Å². The van der Waals surface area contributed by atoms with E-state index in [2.05, 4.69) is 20.8 Å². The fourth-order valence-electron chi connectivity index (χ4n) is 4.23. The number of hydrogen-bond donors (Lipinski definition) is 4. The summed E-state index contributed by atoms with van der Waals surface area (Å²) in [5.74, 6) is -1.57. The van der Waals surface area contributed by atoms with E-state index in [9.17, 15) is 25.2 Å². The number of phenolic OH excluding ortho intramolecular Hbond substituents is 3. The van der Waals surface area contributed by atoms with Crippen molar-refractivity contribution in [3.8, 4) is 17.2 Å². The predicted molar refractivity (Wildman–Crippen MR) is 119 cm³/mol. The topological polar surface area (TPSA) is 98.0 Å². The first-order valence-corrected chi connectivity index (χ1v) is 11.5. The first-order chi connectivity index (χ1) is 14.1. The molecule has 0 aromatic heterocycles. The lowest BCUT2D eigenvalue weighted by Gasteiger charge is -2.17. The van der Waals surface area contributed by atoms with Crippen LogP contribution in [0.4, 0.5) is 0 Å². The Morgan fingerprint density at radius 2 is 1.50 bits per heavy atom. The summed E-state index contributed by atoms with van der Waals surface area (Å²) in [5.41, 5.74) is 1.52. The molecular weight excluding hydrogens is 380 g/mol. The van der Waals surface area contributed by atoms with Crippen molar-refractivity contribution in [1.29, 1.82) is 0 Å². The van der Waals surface area contributed by atoms with E-state index < -0.39 is 17.1 Å². The van der Waals surface area contributed by atoms with Gasteiger partial charge < -0.3 is 20.4 Å². The Balaban J connectivity index is 1.83. The fourth-order valence-corrected chi connectivity index (χ4v) is 4.23. The lowest BCUT2D eigenvalue weighted by molar-refractivity contribution is -0.143. The number of aliphatic carboxylic acids is 1. The van der Waals surface area contributed by atoms with E-state index in [1.807, 2.05) is 0 Å². The van der Waals surface area contributed by atoms with Crippen LogP contribution < -0.4 is 0 Å². The summed E-state index contributed by atoms with van der Waals surface area (Å²) in [7, 11) is 0. The highest BCUT2D eigenvalue weighted by molar-refractivity contribution is 5.77. The molecule has 0 radical (unpaired) electrons. The highest BCUT2D eigenvalue weighted by Gasteiger charge is 2.49. The summed E-state index contributed by atoms with van der Waals surface area (Å²) >= 11 is 0. The molecule has 1 aliphatic carbocycles. The monoisotopic (exact) mass is 420 g/mol. The van der Waals surface area contributed by atoms with Gasteiger partial charge in [0.15, 0.2) is 11.5 Å². The van der Waals surface area contributed by atoms with Crippen molar-refractivity contribution in [2.45, 2.75) is 104 Å². The molecule has 0 saturated heterocycles. The quantitative estimate of drug-likeness (QED) is 0.221. The van der Waals surface area contributed by atoms with Crippen molar-refractivity contribution in [2.75, 3.05) is 0 Å². The van der Waals surface area contributed by atoms with Crippen LogP contribution in [0.3, 0.4) is 0 Å². The number of phenols is 3. The summed E-state index contributed by atoms with van der Waals surface area (Å²) in [6, 6.07) is 1.57. The molecule has 1 fully saturated rings. The van der Waals surface area contributed by atoms with E-state index in [0.29, 0.717) is 18.3 Å². The molecule has 1 saturated carbocycles. The van der Waals surface area contributed by atoms with E-state index in [4.69, 9.17) is 0 Å². The molecule has 2 rings (SSSR count). The van der Waals surface area contributed by atoms with Crippen LogP contribution in [-0.2, 0) is 17.6 Å². The van der Waals surface area contributed by atoms with Gasteiger partial charge in [0, 0.05) is 5.56 Å². The fraction of sp³-hybridized carbons (Fsp3) is 0.720. The number of hydrogen-bond acceptors (Lipinski definition) is 4. The van der Waals surface area contributed by atoms with Crippen molar-refractivity contribution in [1.82, 2.24) is 0 Å². The lowest BCUT2D eigenvalue weighted by atomic mass is 9.89. The lowest BCUT2D eigenvalue weighted by Crippen LogP contribution is -2.14. The third kappa shape index (κ3) is 7.10. The Hall–Kier alpha value is -1.91. The molecule has 5 nitrogen and oxygen atoms in total. The zero-order valence-electron chi connectivity index (χ0n) is 19.0. The minimum Gasteiger partial charge on any atom is -0.504 e. The van der Waals surface area contributed by atoms with Crippen molar-refractivity contribution in [3.05, 3.63) is 17.2 Å². The molecule has 1 aromatic rings. The second-order valence-electron chi connectivity index (χ2n) is 10.4. The maximum Gasteiger partial charge on any atom is 0.309 e. The Labute approximate surface area is 181 Å². The zero-order valence-corrected chi connectivity index (χ0v) is 19.0.